The zero-order chi connectivity index (χ0) is 9.52. The van der Waals surface area contributed by atoms with Crippen molar-refractivity contribution in [3.63, 3.8) is 0 Å². The SMILES string of the molecule is C#COc1cccc(OCCO)c1. The summed E-state index contributed by atoms with van der Waals surface area (Å²) in [5, 5.41) is 8.51. The molecule has 0 unspecified atom stereocenters. The zero-order valence-corrected chi connectivity index (χ0v) is 7.06. The maximum Gasteiger partial charge on any atom is 0.143 e. The smallest absolute Gasteiger partial charge is 0.143 e. The number of aliphatic hydroxyl groups excluding tert-OH is 1. The summed E-state index contributed by atoms with van der Waals surface area (Å²) in [4.78, 5) is 0. The third-order valence-electron chi connectivity index (χ3n) is 1.34. The molecule has 0 heterocycles. The summed E-state index contributed by atoms with van der Waals surface area (Å²) in [5.41, 5.74) is 0. The van der Waals surface area contributed by atoms with Gasteiger partial charge in [-0.3, -0.25) is 0 Å². The number of hydrogen-bond donors (Lipinski definition) is 1. The topological polar surface area (TPSA) is 38.7 Å². The lowest BCUT2D eigenvalue weighted by atomic mass is 10.3. The summed E-state index contributed by atoms with van der Waals surface area (Å²) in [6, 6.07) is 6.92. The Morgan fingerprint density at radius 2 is 2.15 bits per heavy atom. The number of benzene rings is 1. The van der Waals surface area contributed by atoms with E-state index in [1.165, 1.54) is 0 Å². The molecule has 0 radical (unpaired) electrons. The highest BCUT2D eigenvalue weighted by atomic mass is 16.5. The zero-order valence-electron chi connectivity index (χ0n) is 7.06. The molecule has 1 rings (SSSR count). The van der Waals surface area contributed by atoms with E-state index >= 15 is 0 Å². The third-order valence-corrected chi connectivity index (χ3v) is 1.34. The van der Waals surface area contributed by atoms with Crippen LogP contribution in [0.25, 0.3) is 0 Å². The Bertz CT molecular complexity index is 301. The molecule has 0 saturated heterocycles. The van der Waals surface area contributed by atoms with Gasteiger partial charge in [-0.05, 0) is 12.1 Å². The van der Waals surface area contributed by atoms with Crippen LogP contribution < -0.4 is 9.47 Å². The third kappa shape index (κ3) is 3.06. The Balaban J connectivity index is 2.63. The standard InChI is InChI=1S/C10H10O3/c1-2-12-9-4-3-5-10(8-9)13-7-6-11/h1,3-5,8,11H,6-7H2. The summed E-state index contributed by atoms with van der Waals surface area (Å²) in [6.07, 6.45) is 7.02. The maximum absolute atomic E-state index is 8.51. The van der Waals surface area contributed by atoms with Gasteiger partial charge in [-0.2, -0.15) is 0 Å². The van der Waals surface area contributed by atoms with Crippen LogP contribution in [0.1, 0.15) is 0 Å². The Labute approximate surface area is 76.9 Å². The van der Waals surface area contributed by atoms with E-state index in [9.17, 15) is 0 Å². The molecule has 1 aromatic rings. The van der Waals surface area contributed by atoms with Gasteiger partial charge in [0.05, 0.1) is 6.61 Å². The molecule has 0 aliphatic heterocycles. The van der Waals surface area contributed by atoms with Gasteiger partial charge in [0.2, 0.25) is 0 Å². The highest BCUT2D eigenvalue weighted by Gasteiger charge is 1.95. The highest BCUT2D eigenvalue weighted by Crippen LogP contribution is 2.18. The molecule has 3 nitrogen and oxygen atoms in total. The normalized spacial score (nSPS) is 8.92. The summed E-state index contributed by atoms with van der Waals surface area (Å²) < 4.78 is 9.96. The van der Waals surface area contributed by atoms with E-state index in [1.807, 2.05) is 0 Å². The van der Waals surface area contributed by atoms with Crippen LogP contribution in [0, 0.1) is 12.5 Å². The molecule has 1 aromatic carbocycles. The molecule has 0 atom stereocenters. The molecular formula is C10H10O3. The molecule has 0 aromatic heterocycles. The fourth-order valence-electron chi connectivity index (χ4n) is 0.859. The average molecular weight is 178 g/mol. The molecule has 0 bridgehead atoms. The van der Waals surface area contributed by atoms with E-state index in [2.05, 4.69) is 6.11 Å². The van der Waals surface area contributed by atoms with E-state index in [4.69, 9.17) is 21.0 Å². The molecule has 0 fully saturated rings. The van der Waals surface area contributed by atoms with Gasteiger partial charge in [-0.1, -0.05) is 12.5 Å². The Morgan fingerprint density at radius 3 is 2.85 bits per heavy atom. The van der Waals surface area contributed by atoms with Crippen LogP contribution >= 0.6 is 0 Å². The van der Waals surface area contributed by atoms with E-state index in [0.29, 0.717) is 11.5 Å². The van der Waals surface area contributed by atoms with E-state index < -0.39 is 0 Å². The molecule has 0 saturated carbocycles. The number of rotatable bonds is 4. The highest BCUT2D eigenvalue weighted by molar-refractivity contribution is 5.33. The van der Waals surface area contributed by atoms with E-state index in [1.54, 1.807) is 24.3 Å². The molecule has 13 heavy (non-hydrogen) atoms. The molecule has 0 amide bonds. The summed E-state index contributed by atoms with van der Waals surface area (Å²) in [5.74, 6) is 1.18. The van der Waals surface area contributed by atoms with Gasteiger partial charge in [-0.25, -0.2) is 0 Å². The van der Waals surface area contributed by atoms with Crippen LogP contribution in [0.15, 0.2) is 24.3 Å². The second-order valence-electron chi connectivity index (χ2n) is 2.27. The Morgan fingerprint density at radius 1 is 1.38 bits per heavy atom. The van der Waals surface area contributed by atoms with Crippen LogP contribution in [0.3, 0.4) is 0 Å². The van der Waals surface area contributed by atoms with Gasteiger partial charge in [0, 0.05) is 6.07 Å². The molecule has 68 valence electrons. The predicted molar refractivity (Wildman–Crippen MR) is 48.5 cm³/mol. The minimum absolute atomic E-state index is 0.0137. The lowest BCUT2D eigenvalue weighted by molar-refractivity contribution is 0.201. The Kier molecular flexibility index (Phi) is 3.68. The largest absolute Gasteiger partial charge is 0.491 e. The summed E-state index contributed by atoms with van der Waals surface area (Å²) >= 11 is 0. The molecular weight excluding hydrogens is 168 g/mol. The van der Waals surface area contributed by atoms with Crippen molar-refractivity contribution >= 4 is 0 Å². The van der Waals surface area contributed by atoms with Crippen molar-refractivity contribution in [2.24, 2.45) is 0 Å². The first-order valence-corrected chi connectivity index (χ1v) is 3.83. The molecule has 0 spiro atoms. The Hall–Kier alpha value is -1.66. The first kappa shape index (κ1) is 9.43. The number of ether oxygens (including phenoxy) is 2. The predicted octanol–water partition coefficient (Wildman–Crippen LogP) is 1.03. The lowest BCUT2D eigenvalue weighted by Gasteiger charge is -2.04. The minimum Gasteiger partial charge on any atom is -0.491 e. The number of aliphatic hydroxyl groups is 1. The monoisotopic (exact) mass is 178 g/mol. The first-order valence-electron chi connectivity index (χ1n) is 3.83. The van der Waals surface area contributed by atoms with Gasteiger partial charge < -0.3 is 14.6 Å². The van der Waals surface area contributed by atoms with Crippen molar-refractivity contribution in [1.29, 1.82) is 0 Å². The number of hydrogen-bond acceptors (Lipinski definition) is 3. The van der Waals surface area contributed by atoms with Crippen molar-refractivity contribution in [3.05, 3.63) is 24.3 Å². The van der Waals surface area contributed by atoms with Crippen molar-refractivity contribution in [1.82, 2.24) is 0 Å². The van der Waals surface area contributed by atoms with Crippen LogP contribution in [-0.4, -0.2) is 18.3 Å². The number of terminal acetylenes is 1. The summed E-state index contributed by atoms with van der Waals surface area (Å²) in [6.45, 7) is 0.250. The van der Waals surface area contributed by atoms with Gasteiger partial charge in [0.1, 0.15) is 24.2 Å². The van der Waals surface area contributed by atoms with Crippen molar-refractivity contribution in [3.8, 4) is 24.0 Å². The second kappa shape index (κ2) is 5.07. The molecule has 0 aliphatic carbocycles. The minimum atomic E-state index is -0.0137. The van der Waals surface area contributed by atoms with Gasteiger partial charge >= 0.3 is 0 Å². The van der Waals surface area contributed by atoms with Gasteiger partial charge in [0.15, 0.2) is 0 Å². The average Bonchev–Trinajstić information content (AvgIpc) is 2.16. The first-order chi connectivity index (χ1) is 6.36. The second-order valence-corrected chi connectivity index (χ2v) is 2.27. The lowest BCUT2D eigenvalue weighted by Crippen LogP contribution is -2.01. The maximum atomic E-state index is 8.51. The van der Waals surface area contributed by atoms with E-state index in [-0.39, 0.29) is 13.2 Å². The van der Waals surface area contributed by atoms with Crippen LogP contribution in [-0.2, 0) is 0 Å². The summed E-state index contributed by atoms with van der Waals surface area (Å²) in [7, 11) is 0. The van der Waals surface area contributed by atoms with Gasteiger partial charge in [0.25, 0.3) is 0 Å². The fourth-order valence-corrected chi connectivity index (χ4v) is 0.859. The van der Waals surface area contributed by atoms with Crippen LogP contribution in [0.4, 0.5) is 0 Å². The molecule has 0 aliphatic rings. The fraction of sp³-hybridized carbons (Fsp3) is 0.200. The molecule has 3 heteroatoms. The van der Waals surface area contributed by atoms with Crippen LogP contribution in [0.5, 0.6) is 11.5 Å². The quantitative estimate of drug-likeness (QED) is 0.700. The van der Waals surface area contributed by atoms with Crippen LogP contribution in [0.2, 0.25) is 0 Å². The van der Waals surface area contributed by atoms with E-state index in [0.717, 1.165) is 0 Å². The van der Waals surface area contributed by atoms with Gasteiger partial charge in [-0.15, -0.1) is 0 Å². The molecule has 1 N–H and O–H groups in total. The van der Waals surface area contributed by atoms with Crippen molar-refractivity contribution in [2.75, 3.05) is 13.2 Å². The van der Waals surface area contributed by atoms with Crippen molar-refractivity contribution in [2.45, 2.75) is 0 Å². The van der Waals surface area contributed by atoms with Crippen molar-refractivity contribution < 1.29 is 14.6 Å².